The number of hydrogen-bond acceptors (Lipinski definition) is 3. The third-order valence-electron chi connectivity index (χ3n) is 3.44. The molecular weight excluding hydrogens is 307 g/mol. The summed E-state index contributed by atoms with van der Waals surface area (Å²) in [5, 5.41) is 1.31. The molecule has 3 rings (SSSR count). The van der Waals surface area contributed by atoms with E-state index in [-0.39, 0.29) is 16.9 Å². The summed E-state index contributed by atoms with van der Waals surface area (Å²) < 4.78 is 15.2. The van der Waals surface area contributed by atoms with Crippen LogP contribution in [-0.4, -0.2) is 0 Å². The van der Waals surface area contributed by atoms with E-state index in [0.717, 1.165) is 4.88 Å². The van der Waals surface area contributed by atoms with Gasteiger partial charge >= 0.3 is 0 Å². The third kappa shape index (κ3) is 2.94. The summed E-state index contributed by atoms with van der Waals surface area (Å²) in [7, 11) is 0. The lowest BCUT2D eigenvalue weighted by Crippen LogP contribution is -2.29. The van der Waals surface area contributed by atoms with Crippen molar-refractivity contribution < 1.29 is 4.39 Å². The molecular formula is C16H14ClFN2S. The molecule has 0 fully saturated rings. The molecule has 0 aliphatic carbocycles. The second-order valence-electron chi connectivity index (χ2n) is 4.82. The first-order chi connectivity index (χ1) is 10.2. The van der Waals surface area contributed by atoms with Crippen molar-refractivity contribution in [2.45, 2.75) is 12.5 Å². The number of hydrogen-bond donors (Lipinski definition) is 2. The van der Waals surface area contributed by atoms with Gasteiger partial charge in [0.05, 0.1) is 11.1 Å². The average molecular weight is 321 g/mol. The Morgan fingerprint density at radius 2 is 2.00 bits per heavy atom. The number of halogens is 2. The Morgan fingerprint density at radius 3 is 2.76 bits per heavy atom. The number of nitrogens with two attached hydrogens (primary N) is 1. The summed E-state index contributed by atoms with van der Waals surface area (Å²) in [6, 6.07) is 15.1. The normalized spacial score (nSPS) is 12.7. The van der Waals surface area contributed by atoms with Gasteiger partial charge in [-0.1, -0.05) is 41.9 Å². The van der Waals surface area contributed by atoms with Crippen molar-refractivity contribution in [3.05, 3.63) is 69.8 Å². The second-order valence-corrected chi connectivity index (χ2v) is 6.35. The van der Waals surface area contributed by atoms with Gasteiger partial charge in [0, 0.05) is 9.58 Å². The maximum absolute atomic E-state index is 14.0. The van der Waals surface area contributed by atoms with Gasteiger partial charge in [0.1, 0.15) is 5.82 Å². The third-order valence-corrected chi connectivity index (χ3v) is 4.97. The monoisotopic (exact) mass is 320 g/mol. The Kier molecular flexibility index (Phi) is 4.22. The Labute approximate surface area is 131 Å². The van der Waals surface area contributed by atoms with E-state index in [1.807, 2.05) is 12.1 Å². The van der Waals surface area contributed by atoms with Crippen molar-refractivity contribution in [1.82, 2.24) is 5.43 Å². The minimum Gasteiger partial charge on any atom is -0.271 e. The lowest BCUT2D eigenvalue weighted by Gasteiger charge is -2.15. The highest BCUT2D eigenvalue weighted by molar-refractivity contribution is 7.19. The lowest BCUT2D eigenvalue weighted by atomic mass is 10.0. The van der Waals surface area contributed by atoms with Gasteiger partial charge in [0.15, 0.2) is 0 Å². The lowest BCUT2D eigenvalue weighted by molar-refractivity contribution is 0.536. The zero-order valence-corrected chi connectivity index (χ0v) is 12.7. The highest BCUT2D eigenvalue weighted by atomic mass is 35.5. The SMILES string of the molecule is NNC(Cc1cccc(Cl)c1F)c1cc2ccccc2s1. The fourth-order valence-electron chi connectivity index (χ4n) is 2.34. The molecule has 1 atom stereocenters. The Bertz CT molecular complexity index is 739. The van der Waals surface area contributed by atoms with Gasteiger partial charge in [0.25, 0.3) is 0 Å². The van der Waals surface area contributed by atoms with Crippen LogP contribution < -0.4 is 11.3 Å². The minimum absolute atomic E-state index is 0.139. The minimum atomic E-state index is -0.375. The Hall–Kier alpha value is -1.46. The molecule has 0 aliphatic rings. The van der Waals surface area contributed by atoms with Crippen LogP contribution >= 0.6 is 22.9 Å². The fraction of sp³-hybridized carbons (Fsp3) is 0.125. The molecule has 2 nitrogen and oxygen atoms in total. The van der Waals surface area contributed by atoms with Gasteiger partial charge in [-0.15, -0.1) is 11.3 Å². The van der Waals surface area contributed by atoms with Crippen LogP contribution in [0.3, 0.4) is 0 Å². The maximum atomic E-state index is 14.0. The largest absolute Gasteiger partial charge is 0.271 e. The molecule has 0 saturated heterocycles. The molecule has 1 heterocycles. The van der Waals surface area contributed by atoms with Gasteiger partial charge in [-0.25, -0.2) is 4.39 Å². The quantitative estimate of drug-likeness (QED) is 0.551. The highest BCUT2D eigenvalue weighted by Crippen LogP contribution is 2.32. The Morgan fingerprint density at radius 1 is 1.19 bits per heavy atom. The first-order valence-corrected chi connectivity index (χ1v) is 7.76. The number of thiophene rings is 1. The van der Waals surface area contributed by atoms with Crippen molar-refractivity contribution in [3.8, 4) is 0 Å². The van der Waals surface area contributed by atoms with Gasteiger partial charge in [0.2, 0.25) is 0 Å². The van der Waals surface area contributed by atoms with Gasteiger partial charge in [-0.3, -0.25) is 11.3 Å². The van der Waals surface area contributed by atoms with E-state index >= 15 is 0 Å². The fourth-order valence-corrected chi connectivity index (χ4v) is 3.66. The molecule has 0 spiro atoms. The molecule has 5 heteroatoms. The molecule has 0 saturated carbocycles. The summed E-state index contributed by atoms with van der Waals surface area (Å²) in [5.41, 5.74) is 3.33. The van der Waals surface area contributed by atoms with Crippen LogP contribution in [0.15, 0.2) is 48.5 Å². The van der Waals surface area contributed by atoms with Crippen molar-refractivity contribution in [1.29, 1.82) is 0 Å². The van der Waals surface area contributed by atoms with E-state index in [2.05, 4.69) is 23.6 Å². The Balaban J connectivity index is 1.93. The van der Waals surface area contributed by atoms with E-state index < -0.39 is 0 Å². The molecule has 3 aromatic rings. The van der Waals surface area contributed by atoms with Crippen LogP contribution in [0.25, 0.3) is 10.1 Å². The average Bonchev–Trinajstić information content (AvgIpc) is 2.92. The summed E-state index contributed by atoms with van der Waals surface area (Å²) in [6.45, 7) is 0. The predicted molar refractivity (Wildman–Crippen MR) is 87.0 cm³/mol. The first-order valence-electron chi connectivity index (χ1n) is 6.56. The molecule has 0 radical (unpaired) electrons. The van der Waals surface area contributed by atoms with E-state index in [1.165, 1.54) is 10.1 Å². The molecule has 21 heavy (non-hydrogen) atoms. The zero-order chi connectivity index (χ0) is 14.8. The van der Waals surface area contributed by atoms with E-state index in [4.69, 9.17) is 17.4 Å². The smallest absolute Gasteiger partial charge is 0.145 e. The van der Waals surface area contributed by atoms with Crippen LogP contribution in [0.5, 0.6) is 0 Å². The summed E-state index contributed by atoms with van der Waals surface area (Å²) in [4.78, 5) is 1.08. The molecule has 0 bridgehead atoms. The van der Waals surface area contributed by atoms with Crippen LogP contribution in [0, 0.1) is 5.82 Å². The number of rotatable bonds is 4. The van der Waals surface area contributed by atoms with Crippen LogP contribution in [-0.2, 0) is 6.42 Å². The second kappa shape index (κ2) is 6.12. The van der Waals surface area contributed by atoms with E-state index in [1.54, 1.807) is 29.5 Å². The van der Waals surface area contributed by atoms with Crippen molar-refractivity contribution in [2.75, 3.05) is 0 Å². The molecule has 1 aromatic heterocycles. The first kappa shape index (κ1) is 14.5. The number of hydrazine groups is 1. The van der Waals surface area contributed by atoms with Gasteiger partial charge in [-0.2, -0.15) is 0 Å². The van der Waals surface area contributed by atoms with Gasteiger partial charge in [-0.05, 0) is 35.6 Å². The van der Waals surface area contributed by atoms with Crippen molar-refractivity contribution in [2.24, 2.45) is 5.84 Å². The predicted octanol–water partition coefficient (Wildman–Crippen LogP) is 4.44. The van der Waals surface area contributed by atoms with Gasteiger partial charge < -0.3 is 0 Å². The van der Waals surface area contributed by atoms with Crippen LogP contribution in [0.2, 0.25) is 5.02 Å². The molecule has 0 amide bonds. The topological polar surface area (TPSA) is 38.0 Å². The number of fused-ring (bicyclic) bond motifs is 1. The van der Waals surface area contributed by atoms with Crippen molar-refractivity contribution >= 4 is 33.0 Å². The van der Waals surface area contributed by atoms with Crippen LogP contribution in [0.1, 0.15) is 16.5 Å². The summed E-state index contributed by atoms with van der Waals surface area (Å²) in [6.07, 6.45) is 0.454. The number of nitrogens with one attached hydrogen (secondary N) is 1. The molecule has 108 valence electrons. The molecule has 3 N–H and O–H groups in total. The van der Waals surface area contributed by atoms with E-state index in [9.17, 15) is 4.39 Å². The number of benzene rings is 2. The van der Waals surface area contributed by atoms with E-state index in [0.29, 0.717) is 12.0 Å². The molecule has 0 aliphatic heterocycles. The maximum Gasteiger partial charge on any atom is 0.145 e. The summed E-state index contributed by atoms with van der Waals surface area (Å²) >= 11 is 7.49. The zero-order valence-electron chi connectivity index (χ0n) is 11.1. The molecule has 2 aromatic carbocycles. The highest BCUT2D eigenvalue weighted by Gasteiger charge is 2.16. The van der Waals surface area contributed by atoms with Crippen molar-refractivity contribution in [3.63, 3.8) is 0 Å². The molecule has 1 unspecified atom stereocenters. The summed E-state index contributed by atoms with van der Waals surface area (Å²) in [5.74, 6) is 5.29. The standard InChI is InChI=1S/C16H14ClFN2S/c17-12-6-3-5-11(16(12)18)8-13(20-19)15-9-10-4-1-2-7-14(10)21-15/h1-7,9,13,20H,8,19H2. The van der Waals surface area contributed by atoms with Crippen LogP contribution in [0.4, 0.5) is 4.39 Å².